The topological polar surface area (TPSA) is 125 Å². The van der Waals surface area contributed by atoms with Crippen molar-refractivity contribution in [3.63, 3.8) is 0 Å². The van der Waals surface area contributed by atoms with E-state index >= 15 is 0 Å². The lowest BCUT2D eigenvalue weighted by Gasteiger charge is -2.22. The van der Waals surface area contributed by atoms with Crippen molar-refractivity contribution in [1.29, 1.82) is 5.41 Å². The quantitative estimate of drug-likeness (QED) is 0.363. The maximum absolute atomic E-state index is 14.2. The summed E-state index contributed by atoms with van der Waals surface area (Å²) in [5, 5.41) is 13.7. The van der Waals surface area contributed by atoms with E-state index in [-0.39, 0.29) is 42.6 Å². The Morgan fingerprint density at radius 3 is 2.40 bits per heavy atom. The second kappa shape index (κ2) is 9.47. The lowest BCUT2D eigenvalue weighted by molar-refractivity contribution is -0.122. The van der Waals surface area contributed by atoms with Crippen LogP contribution in [0.15, 0.2) is 42.5 Å². The van der Waals surface area contributed by atoms with E-state index in [0.29, 0.717) is 5.56 Å². The minimum atomic E-state index is -0.666. The van der Waals surface area contributed by atoms with Crippen LogP contribution in [0.1, 0.15) is 28.8 Å². The molecule has 3 amide bonds. The molecule has 0 radical (unpaired) electrons. The molecule has 1 aromatic carbocycles. The van der Waals surface area contributed by atoms with E-state index in [1.165, 1.54) is 18.2 Å². The molecule has 1 fully saturated rings. The van der Waals surface area contributed by atoms with Crippen molar-refractivity contribution < 1.29 is 18.8 Å². The molecule has 2 unspecified atom stereocenters. The van der Waals surface area contributed by atoms with E-state index < -0.39 is 29.5 Å². The lowest BCUT2D eigenvalue weighted by atomic mass is 9.82. The minimum absolute atomic E-state index is 0.0168. The average molecular weight is 412 g/mol. The van der Waals surface area contributed by atoms with E-state index in [9.17, 15) is 18.8 Å². The number of amides is 3. The number of halogens is 1. The van der Waals surface area contributed by atoms with Gasteiger partial charge in [-0.1, -0.05) is 30.4 Å². The number of benzene rings is 1. The van der Waals surface area contributed by atoms with Gasteiger partial charge in [-0.2, -0.15) is 0 Å². The highest BCUT2D eigenvalue weighted by molar-refractivity contribution is 5.96. The van der Waals surface area contributed by atoms with Gasteiger partial charge in [0.05, 0.1) is 11.5 Å². The van der Waals surface area contributed by atoms with Crippen LogP contribution in [-0.4, -0.2) is 36.5 Å². The first-order valence-corrected chi connectivity index (χ1v) is 9.92. The monoisotopic (exact) mass is 412 g/mol. The van der Waals surface area contributed by atoms with Gasteiger partial charge >= 0.3 is 0 Å². The normalized spacial score (nSPS) is 19.9. The summed E-state index contributed by atoms with van der Waals surface area (Å²) in [6.07, 6.45) is 8.83. The average Bonchev–Trinajstić information content (AvgIpc) is 3.57. The fraction of sp³-hybridized carbons (Fsp3) is 0.364. The van der Waals surface area contributed by atoms with Crippen LogP contribution >= 0.6 is 0 Å². The molecule has 0 aliphatic heterocycles. The fourth-order valence-electron chi connectivity index (χ4n) is 3.35. The number of hydrogen-bond donors (Lipinski definition) is 4. The van der Waals surface area contributed by atoms with Crippen molar-refractivity contribution in [1.82, 2.24) is 10.6 Å². The summed E-state index contributed by atoms with van der Waals surface area (Å²) in [5.41, 5.74) is 6.13. The Morgan fingerprint density at radius 1 is 1.07 bits per heavy atom. The van der Waals surface area contributed by atoms with E-state index in [1.807, 2.05) is 0 Å². The van der Waals surface area contributed by atoms with E-state index in [0.717, 1.165) is 12.8 Å². The molecule has 8 heteroatoms. The third-order valence-corrected chi connectivity index (χ3v) is 5.19. The third-order valence-electron chi connectivity index (χ3n) is 5.19. The summed E-state index contributed by atoms with van der Waals surface area (Å²) < 4.78 is 14.2. The molecule has 7 nitrogen and oxygen atoms in total. The van der Waals surface area contributed by atoms with Gasteiger partial charge in [0.1, 0.15) is 5.82 Å². The standard InChI is InChI=1S/C22H25FN4O3/c23-18-8-5-13(12-19(24)15-3-1-2-4-16(15)20(25)28)11-17(18)22(30)27-10-9-26-21(29)14-6-7-14/h1-5,8,11,14-16,24H,6-7,9-10,12H2,(H2,25,28)(H,26,29)(H,27,30). The number of hydrogen-bond acceptors (Lipinski definition) is 4. The van der Waals surface area contributed by atoms with Crippen molar-refractivity contribution in [2.45, 2.75) is 19.3 Å². The molecule has 0 spiro atoms. The van der Waals surface area contributed by atoms with Gasteiger partial charge in [0.25, 0.3) is 5.91 Å². The minimum Gasteiger partial charge on any atom is -0.369 e. The summed E-state index contributed by atoms with van der Waals surface area (Å²) in [6, 6.07) is 4.11. The van der Waals surface area contributed by atoms with Crippen LogP contribution in [0.3, 0.4) is 0 Å². The van der Waals surface area contributed by atoms with Crippen molar-refractivity contribution in [2.75, 3.05) is 13.1 Å². The smallest absolute Gasteiger partial charge is 0.254 e. The van der Waals surface area contributed by atoms with E-state index in [2.05, 4.69) is 10.6 Å². The van der Waals surface area contributed by atoms with Crippen molar-refractivity contribution in [3.05, 3.63) is 59.4 Å². The highest BCUT2D eigenvalue weighted by Crippen LogP contribution is 2.28. The first-order chi connectivity index (χ1) is 14.4. The van der Waals surface area contributed by atoms with Crippen molar-refractivity contribution in [2.24, 2.45) is 23.5 Å². The number of nitrogens with two attached hydrogens (primary N) is 1. The first-order valence-electron chi connectivity index (χ1n) is 9.92. The highest BCUT2D eigenvalue weighted by atomic mass is 19.1. The van der Waals surface area contributed by atoms with E-state index in [1.54, 1.807) is 24.3 Å². The highest BCUT2D eigenvalue weighted by Gasteiger charge is 2.29. The zero-order chi connectivity index (χ0) is 21.7. The molecule has 0 saturated heterocycles. The molecule has 2 aliphatic carbocycles. The molecule has 0 heterocycles. The number of carbonyl (C=O) groups excluding carboxylic acids is 3. The Hall–Kier alpha value is -3.29. The Kier molecular flexibility index (Phi) is 6.76. The number of allylic oxidation sites excluding steroid dienone is 3. The fourth-order valence-corrected chi connectivity index (χ4v) is 3.35. The van der Waals surface area contributed by atoms with Crippen LogP contribution in [0.25, 0.3) is 0 Å². The number of carbonyl (C=O) groups is 3. The largest absolute Gasteiger partial charge is 0.369 e. The molecular weight excluding hydrogens is 387 g/mol. The molecule has 2 aliphatic rings. The van der Waals surface area contributed by atoms with Crippen LogP contribution in [0.2, 0.25) is 0 Å². The lowest BCUT2D eigenvalue weighted by Crippen LogP contribution is -2.35. The van der Waals surface area contributed by atoms with Crippen molar-refractivity contribution in [3.8, 4) is 0 Å². The van der Waals surface area contributed by atoms with Crippen LogP contribution in [-0.2, 0) is 16.0 Å². The maximum atomic E-state index is 14.2. The number of nitrogens with one attached hydrogen (secondary N) is 3. The Bertz CT molecular complexity index is 921. The van der Waals surface area contributed by atoms with Gasteiger partial charge in [0.15, 0.2) is 0 Å². The molecule has 0 aromatic heterocycles. The van der Waals surface area contributed by atoms with Crippen molar-refractivity contribution >= 4 is 23.4 Å². The summed E-state index contributed by atoms with van der Waals surface area (Å²) in [5.74, 6) is -2.76. The molecule has 2 atom stereocenters. The number of rotatable bonds is 9. The molecule has 0 bridgehead atoms. The zero-order valence-electron chi connectivity index (χ0n) is 16.5. The van der Waals surface area contributed by atoms with Gasteiger partial charge in [0.2, 0.25) is 11.8 Å². The van der Waals surface area contributed by atoms with Crippen LogP contribution in [0.4, 0.5) is 4.39 Å². The second-order valence-corrected chi connectivity index (χ2v) is 7.56. The van der Waals surface area contributed by atoms with Gasteiger partial charge < -0.3 is 21.8 Å². The summed E-state index contributed by atoms with van der Waals surface area (Å²) in [6.45, 7) is 0.472. The first kappa shape index (κ1) is 21.4. The maximum Gasteiger partial charge on any atom is 0.254 e. The number of primary amides is 1. The van der Waals surface area contributed by atoms with Gasteiger partial charge in [-0.15, -0.1) is 0 Å². The summed E-state index contributed by atoms with van der Waals surface area (Å²) in [7, 11) is 0. The SMILES string of the molecule is N=C(Cc1ccc(F)c(C(=O)NCCNC(=O)C2CC2)c1)C1C=CC=CC1C(N)=O. The molecular formula is C22H25FN4O3. The van der Waals surface area contributed by atoms with Gasteiger partial charge in [-0.25, -0.2) is 4.39 Å². The molecule has 30 heavy (non-hydrogen) atoms. The Balaban J connectivity index is 1.58. The van der Waals surface area contributed by atoms with E-state index in [4.69, 9.17) is 11.1 Å². The van der Waals surface area contributed by atoms with Crippen LogP contribution < -0.4 is 16.4 Å². The van der Waals surface area contributed by atoms with Crippen LogP contribution in [0, 0.1) is 29.0 Å². The Morgan fingerprint density at radius 2 is 1.73 bits per heavy atom. The van der Waals surface area contributed by atoms with Gasteiger partial charge in [-0.05, 0) is 30.5 Å². The molecule has 3 rings (SSSR count). The molecule has 158 valence electrons. The second-order valence-electron chi connectivity index (χ2n) is 7.56. The van der Waals surface area contributed by atoms with Gasteiger partial charge in [-0.3, -0.25) is 14.4 Å². The van der Waals surface area contributed by atoms with Gasteiger partial charge in [0, 0.05) is 37.1 Å². The molecule has 5 N–H and O–H groups in total. The Labute approximate surface area is 174 Å². The zero-order valence-corrected chi connectivity index (χ0v) is 16.5. The predicted octanol–water partition coefficient (Wildman–Crippen LogP) is 1.49. The molecule has 1 saturated carbocycles. The summed E-state index contributed by atoms with van der Waals surface area (Å²) in [4.78, 5) is 35.5. The summed E-state index contributed by atoms with van der Waals surface area (Å²) >= 11 is 0. The van der Waals surface area contributed by atoms with Crippen LogP contribution in [0.5, 0.6) is 0 Å². The molecule has 1 aromatic rings. The third kappa shape index (κ3) is 5.40. The predicted molar refractivity (Wildman–Crippen MR) is 110 cm³/mol.